The van der Waals surface area contributed by atoms with E-state index in [4.69, 9.17) is 0 Å². The highest BCUT2D eigenvalue weighted by Gasteiger charge is 2.34. The third kappa shape index (κ3) is 3.39. The summed E-state index contributed by atoms with van der Waals surface area (Å²) in [6.45, 7) is 9.52. The first kappa shape index (κ1) is 13.7. The highest BCUT2D eigenvalue weighted by molar-refractivity contribution is 7.99. The second-order valence-corrected chi connectivity index (χ2v) is 7.04. The second kappa shape index (κ2) is 6.44. The molecule has 17 heavy (non-hydrogen) atoms. The number of rotatable bonds is 3. The molecule has 0 bridgehead atoms. The molecule has 0 amide bonds. The summed E-state index contributed by atoms with van der Waals surface area (Å²) in [5.74, 6) is 3.51. The molecular weight excluding hydrogens is 228 g/mol. The Bertz CT molecular complexity index is 226. The van der Waals surface area contributed by atoms with Crippen LogP contribution in [-0.4, -0.2) is 47.6 Å². The Kier molecular flexibility index (Phi) is 5.19. The lowest BCUT2D eigenvalue weighted by molar-refractivity contribution is 0.0586. The number of nitrogens with one attached hydrogen (secondary N) is 1. The molecule has 0 saturated carbocycles. The Morgan fingerprint density at radius 1 is 1.41 bits per heavy atom. The van der Waals surface area contributed by atoms with Crippen molar-refractivity contribution in [2.75, 3.05) is 24.6 Å². The van der Waals surface area contributed by atoms with Crippen molar-refractivity contribution in [2.45, 2.75) is 58.2 Å². The largest absolute Gasteiger partial charge is 0.311 e. The van der Waals surface area contributed by atoms with E-state index in [0.29, 0.717) is 0 Å². The lowest BCUT2D eigenvalue weighted by Gasteiger charge is -2.47. The monoisotopic (exact) mass is 256 g/mol. The van der Waals surface area contributed by atoms with Gasteiger partial charge in [0, 0.05) is 37.0 Å². The van der Waals surface area contributed by atoms with Gasteiger partial charge < -0.3 is 5.32 Å². The van der Waals surface area contributed by atoms with Gasteiger partial charge in [-0.3, -0.25) is 4.90 Å². The molecule has 2 aliphatic rings. The van der Waals surface area contributed by atoms with E-state index in [-0.39, 0.29) is 0 Å². The molecule has 0 aliphatic carbocycles. The van der Waals surface area contributed by atoms with Gasteiger partial charge in [-0.15, -0.1) is 0 Å². The van der Waals surface area contributed by atoms with E-state index in [0.717, 1.165) is 24.0 Å². The smallest absolute Gasteiger partial charge is 0.0247 e. The predicted octanol–water partition coefficient (Wildman–Crippen LogP) is 2.59. The molecule has 2 fully saturated rings. The van der Waals surface area contributed by atoms with Crippen LogP contribution in [0.2, 0.25) is 0 Å². The molecule has 2 nitrogen and oxygen atoms in total. The van der Waals surface area contributed by atoms with E-state index in [1.807, 2.05) is 0 Å². The Hall–Kier alpha value is 0.270. The highest BCUT2D eigenvalue weighted by atomic mass is 32.2. The van der Waals surface area contributed by atoms with Crippen LogP contribution in [0.1, 0.15) is 40.0 Å². The number of piperazine rings is 1. The molecule has 3 unspecified atom stereocenters. The fourth-order valence-electron chi connectivity index (χ4n) is 3.16. The lowest BCUT2D eigenvalue weighted by atomic mass is 9.95. The van der Waals surface area contributed by atoms with Crippen molar-refractivity contribution in [3.63, 3.8) is 0 Å². The van der Waals surface area contributed by atoms with Crippen molar-refractivity contribution in [3.05, 3.63) is 0 Å². The fourth-order valence-corrected chi connectivity index (χ4v) is 4.32. The van der Waals surface area contributed by atoms with Gasteiger partial charge in [-0.05, 0) is 30.9 Å². The molecule has 0 aromatic heterocycles. The van der Waals surface area contributed by atoms with Crippen LogP contribution >= 0.6 is 11.8 Å². The van der Waals surface area contributed by atoms with E-state index < -0.39 is 0 Å². The van der Waals surface area contributed by atoms with E-state index in [2.05, 4.69) is 42.7 Å². The van der Waals surface area contributed by atoms with Crippen LogP contribution in [0, 0.1) is 5.92 Å². The zero-order valence-corrected chi connectivity index (χ0v) is 12.4. The van der Waals surface area contributed by atoms with Crippen molar-refractivity contribution in [1.82, 2.24) is 10.2 Å². The first-order valence-corrected chi connectivity index (χ1v) is 8.44. The molecule has 2 saturated heterocycles. The van der Waals surface area contributed by atoms with E-state index in [1.54, 1.807) is 0 Å². The van der Waals surface area contributed by atoms with Gasteiger partial charge in [-0.25, -0.2) is 0 Å². The van der Waals surface area contributed by atoms with Gasteiger partial charge in [-0.2, -0.15) is 11.8 Å². The van der Waals surface area contributed by atoms with Gasteiger partial charge in [0.15, 0.2) is 0 Å². The standard InChI is InChI=1S/C14H28N2S/c1-4-12-9-16(13-6-5-7-17-10-13)14(8-15-12)11(2)3/h11-15H,4-10H2,1-3H3. The van der Waals surface area contributed by atoms with Crippen LogP contribution in [0.25, 0.3) is 0 Å². The Morgan fingerprint density at radius 2 is 2.24 bits per heavy atom. The van der Waals surface area contributed by atoms with Crippen molar-refractivity contribution in [1.29, 1.82) is 0 Å². The van der Waals surface area contributed by atoms with Crippen LogP contribution < -0.4 is 5.32 Å². The maximum atomic E-state index is 3.72. The third-order valence-electron chi connectivity index (χ3n) is 4.34. The van der Waals surface area contributed by atoms with Gasteiger partial charge in [0.05, 0.1) is 0 Å². The number of thioether (sulfide) groups is 1. The summed E-state index contributed by atoms with van der Waals surface area (Å²) in [6, 6.07) is 2.32. The Labute approximate surface area is 111 Å². The normalized spacial score (nSPS) is 36.4. The molecule has 3 heteroatoms. The first-order chi connectivity index (χ1) is 8.22. The van der Waals surface area contributed by atoms with Crippen LogP contribution in [-0.2, 0) is 0 Å². The van der Waals surface area contributed by atoms with Crippen LogP contribution in [0.15, 0.2) is 0 Å². The summed E-state index contributed by atoms with van der Waals surface area (Å²) in [6.07, 6.45) is 4.11. The van der Waals surface area contributed by atoms with Crippen molar-refractivity contribution < 1.29 is 0 Å². The predicted molar refractivity (Wildman–Crippen MR) is 77.8 cm³/mol. The van der Waals surface area contributed by atoms with E-state index in [9.17, 15) is 0 Å². The summed E-state index contributed by atoms with van der Waals surface area (Å²) in [5.41, 5.74) is 0. The van der Waals surface area contributed by atoms with Crippen LogP contribution in [0.4, 0.5) is 0 Å². The van der Waals surface area contributed by atoms with Crippen molar-refractivity contribution in [3.8, 4) is 0 Å². The summed E-state index contributed by atoms with van der Waals surface area (Å²) in [5, 5.41) is 3.72. The third-order valence-corrected chi connectivity index (χ3v) is 5.54. The van der Waals surface area contributed by atoms with Crippen LogP contribution in [0.3, 0.4) is 0 Å². The molecule has 2 heterocycles. The molecule has 100 valence electrons. The topological polar surface area (TPSA) is 15.3 Å². The maximum absolute atomic E-state index is 3.72. The molecular formula is C14H28N2S. The zero-order valence-electron chi connectivity index (χ0n) is 11.6. The minimum atomic E-state index is 0.719. The molecule has 2 rings (SSSR count). The van der Waals surface area contributed by atoms with Crippen molar-refractivity contribution >= 4 is 11.8 Å². The molecule has 1 N–H and O–H groups in total. The molecule has 0 aromatic rings. The summed E-state index contributed by atoms with van der Waals surface area (Å²) in [7, 11) is 0. The summed E-state index contributed by atoms with van der Waals surface area (Å²) in [4.78, 5) is 2.83. The maximum Gasteiger partial charge on any atom is 0.0247 e. The zero-order chi connectivity index (χ0) is 12.3. The fraction of sp³-hybridized carbons (Fsp3) is 1.00. The van der Waals surface area contributed by atoms with Gasteiger partial charge >= 0.3 is 0 Å². The lowest BCUT2D eigenvalue weighted by Crippen LogP contribution is -2.61. The molecule has 3 atom stereocenters. The minimum absolute atomic E-state index is 0.719. The Morgan fingerprint density at radius 3 is 2.82 bits per heavy atom. The number of hydrogen-bond acceptors (Lipinski definition) is 3. The number of hydrogen-bond donors (Lipinski definition) is 1. The second-order valence-electron chi connectivity index (χ2n) is 5.89. The molecule has 2 aliphatic heterocycles. The molecule has 0 spiro atoms. The van der Waals surface area contributed by atoms with E-state index >= 15 is 0 Å². The average Bonchev–Trinajstić information content (AvgIpc) is 2.39. The van der Waals surface area contributed by atoms with Gasteiger partial charge in [-0.1, -0.05) is 20.8 Å². The minimum Gasteiger partial charge on any atom is -0.311 e. The molecule has 0 radical (unpaired) electrons. The highest BCUT2D eigenvalue weighted by Crippen LogP contribution is 2.27. The SMILES string of the molecule is CCC1CN(C2CCCSC2)C(C(C)C)CN1. The van der Waals surface area contributed by atoms with Gasteiger partial charge in [0.1, 0.15) is 0 Å². The van der Waals surface area contributed by atoms with Crippen LogP contribution in [0.5, 0.6) is 0 Å². The van der Waals surface area contributed by atoms with E-state index in [1.165, 1.54) is 43.9 Å². The number of nitrogens with zero attached hydrogens (tertiary/aromatic N) is 1. The van der Waals surface area contributed by atoms with Crippen molar-refractivity contribution in [2.24, 2.45) is 5.92 Å². The first-order valence-electron chi connectivity index (χ1n) is 7.29. The summed E-state index contributed by atoms with van der Waals surface area (Å²) >= 11 is 2.16. The quantitative estimate of drug-likeness (QED) is 0.835. The van der Waals surface area contributed by atoms with Gasteiger partial charge in [0.2, 0.25) is 0 Å². The van der Waals surface area contributed by atoms with Gasteiger partial charge in [0.25, 0.3) is 0 Å². The molecule has 0 aromatic carbocycles. The Balaban J connectivity index is 2.01. The average molecular weight is 256 g/mol. The summed E-state index contributed by atoms with van der Waals surface area (Å²) < 4.78 is 0.